The van der Waals surface area contributed by atoms with Crippen LogP contribution >= 0.6 is 45.8 Å². The number of nitrogens with zero attached hydrogens (tertiary/aromatic N) is 2. The van der Waals surface area contributed by atoms with E-state index in [0.29, 0.717) is 27.7 Å². The summed E-state index contributed by atoms with van der Waals surface area (Å²) in [5, 5.41) is 3.54. The topological polar surface area (TPSA) is 86.8 Å². The highest BCUT2D eigenvalue weighted by molar-refractivity contribution is 14.1. The fourth-order valence-corrected chi connectivity index (χ4v) is 4.89. The molecule has 0 aliphatic carbocycles. The second-order valence-corrected chi connectivity index (χ2v) is 12.1. The molecule has 0 heterocycles. The van der Waals surface area contributed by atoms with Crippen LogP contribution in [0.2, 0.25) is 10.0 Å². The summed E-state index contributed by atoms with van der Waals surface area (Å²) < 4.78 is 27.1. The fourth-order valence-electron chi connectivity index (χ4n) is 3.36. The standard InChI is InChI=1S/C23H28Cl2IN3O4S/c1-5-21(23(31)27-15(2)3)28(13-16-6-11-19(24)20(25)12-16)22(30)14-29(34(4,32)33)18-9-7-17(26)8-10-18/h6-12,15,21H,5,13-14H2,1-4H3,(H,27,31)/t21-/m1/s1. The third-order valence-corrected chi connectivity index (χ3v) is 7.55. The van der Waals surface area contributed by atoms with E-state index in [0.717, 1.165) is 14.1 Å². The Morgan fingerprint density at radius 3 is 2.18 bits per heavy atom. The van der Waals surface area contributed by atoms with Crippen LogP contribution in [-0.4, -0.2) is 50.0 Å². The monoisotopic (exact) mass is 639 g/mol. The summed E-state index contributed by atoms with van der Waals surface area (Å²) in [4.78, 5) is 27.9. The molecule has 7 nitrogen and oxygen atoms in total. The molecular formula is C23H28Cl2IN3O4S. The molecule has 0 aromatic heterocycles. The van der Waals surface area contributed by atoms with Crippen molar-refractivity contribution in [2.75, 3.05) is 17.1 Å². The largest absolute Gasteiger partial charge is 0.352 e. The molecule has 0 spiro atoms. The maximum absolute atomic E-state index is 13.6. The minimum Gasteiger partial charge on any atom is -0.352 e. The number of carbonyl (C=O) groups excluding carboxylic acids is 2. The van der Waals surface area contributed by atoms with Crippen molar-refractivity contribution >= 4 is 73.3 Å². The van der Waals surface area contributed by atoms with Crippen LogP contribution in [0.4, 0.5) is 5.69 Å². The molecular weight excluding hydrogens is 612 g/mol. The van der Waals surface area contributed by atoms with E-state index in [9.17, 15) is 18.0 Å². The predicted octanol–water partition coefficient (Wildman–Crippen LogP) is 4.70. The van der Waals surface area contributed by atoms with Gasteiger partial charge in [0.15, 0.2) is 0 Å². The van der Waals surface area contributed by atoms with Crippen molar-refractivity contribution in [3.05, 3.63) is 61.6 Å². The van der Waals surface area contributed by atoms with Crippen LogP contribution in [0.1, 0.15) is 32.8 Å². The van der Waals surface area contributed by atoms with Crippen LogP contribution in [0.3, 0.4) is 0 Å². The highest BCUT2D eigenvalue weighted by Crippen LogP contribution is 2.25. The van der Waals surface area contributed by atoms with Gasteiger partial charge >= 0.3 is 0 Å². The molecule has 186 valence electrons. The Hall–Kier alpha value is -1.56. The van der Waals surface area contributed by atoms with E-state index in [1.165, 1.54) is 4.90 Å². The highest BCUT2D eigenvalue weighted by atomic mass is 127. The molecule has 0 saturated heterocycles. The lowest BCUT2D eigenvalue weighted by molar-refractivity contribution is -0.140. The van der Waals surface area contributed by atoms with Crippen LogP contribution in [0.5, 0.6) is 0 Å². The summed E-state index contributed by atoms with van der Waals surface area (Å²) in [5.41, 5.74) is 1.03. The van der Waals surface area contributed by atoms with Crippen LogP contribution in [0.25, 0.3) is 0 Å². The summed E-state index contributed by atoms with van der Waals surface area (Å²) in [6.07, 6.45) is 1.39. The maximum atomic E-state index is 13.6. The van der Waals surface area contributed by atoms with Crippen molar-refractivity contribution in [2.24, 2.45) is 0 Å². The molecule has 0 aliphatic rings. The average molecular weight is 640 g/mol. The minimum atomic E-state index is -3.77. The minimum absolute atomic E-state index is 0.0596. The lowest BCUT2D eigenvalue weighted by atomic mass is 10.1. The Morgan fingerprint density at radius 2 is 1.68 bits per heavy atom. The Bertz CT molecular complexity index is 1130. The van der Waals surface area contributed by atoms with E-state index in [1.807, 2.05) is 13.8 Å². The first-order valence-electron chi connectivity index (χ1n) is 10.6. The number of benzene rings is 2. The van der Waals surface area contributed by atoms with Gasteiger partial charge in [-0.25, -0.2) is 8.42 Å². The van der Waals surface area contributed by atoms with E-state index in [1.54, 1.807) is 49.4 Å². The lowest BCUT2D eigenvalue weighted by Gasteiger charge is -2.33. The summed E-state index contributed by atoms with van der Waals surface area (Å²) in [6, 6.07) is 10.8. The Morgan fingerprint density at radius 1 is 1.06 bits per heavy atom. The maximum Gasteiger partial charge on any atom is 0.244 e. The van der Waals surface area contributed by atoms with Gasteiger partial charge in [-0.15, -0.1) is 0 Å². The van der Waals surface area contributed by atoms with Crippen LogP contribution in [0, 0.1) is 3.57 Å². The van der Waals surface area contributed by atoms with Crippen LogP contribution < -0.4 is 9.62 Å². The molecule has 0 saturated carbocycles. The van der Waals surface area contributed by atoms with Gasteiger partial charge in [-0.3, -0.25) is 13.9 Å². The zero-order chi connectivity index (χ0) is 25.6. The summed E-state index contributed by atoms with van der Waals surface area (Å²) in [5.74, 6) is -0.827. The van der Waals surface area contributed by atoms with Gasteiger partial charge in [-0.05, 0) is 84.8 Å². The first-order valence-corrected chi connectivity index (χ1v) is 14.3. The molecule has 11 heteroatoms. The van der Waals surface area contributed by atoms with Gasteiger partial charge in [0.25, 0.3) is 0 Å². The van der Waals surface area contributed by atoms with Crippen molar-refractivity contribution in [1.29, 1.82) is 0 Å². The van der Waals surface area contributed by atoms with Gasteiger partial charge in [0.05, 0.1) is 22.0 Å². The first kappa shape index (κ1) is 28.7. The number of sulfonamides is 1. The van der Waals surface area contributed by atoms with Gasteiger partial charge in [-0.2, -0.15) is 0 Å². The average Bonchev–Trinajstić information content (AvgIpc) is 2.73. The number of hydrogen-bond acceptors (Lipinski definition) is 4. The van der Waals surface area contributed by atoms with Gasteiger partial charge < -0.3 is 10.2 Å². The van der Waals surface area contributed by atoms with E-state index in [4.69, 9.17) is 23.2 Å². The summed E-state index contributed by atoms with van der Waals surface area (Å²) >= 11 is 14.3. The number of anilines is 1. The van der Waals surface area contributed by atoms with Crippen molar-refractivity contribution in [2.45, 2.75) is 45.8 Å². The van der Waals surface area contributed by atoms with Crippen molar-refractivity contribution < 1.29 is 18.0 Å². The molecule has 1 atom stereocenters. The lowest BCUT2D eigenvalue weighted by Crippen LogP contribution is -2.53. The van der Waals surface area contributed by atoms with E-state index in [-0.39, 0.29) is 18.5 Å². The predicted molar refractivity (Wildman–Crippen MR) is 146 cm³/mol. The molecule has 0 radical (unpaired) electrons. The van der Waals surface area contributed by atoms with Gasteiger partial charge in [-0.1, -0.05) is 36.2 Å². The van der Waals surface area contributed by atoms with Crippen molar-refractivity contribution in [3.8, 4) is 0 Å². The smallest absolute Gasteiger partial charge is 0.244 e. The van der Waals surface area contributed by atoms with Crippen LogP contribution in [0.15, 0.2) is 42.5 Å². The molecule has 34 heavy (non-hydrogen) atoms. The molecule has 2 amide bonds. The SMILES string of the molecule is CC[C@H](C(=O)NC(C)C)N(Cc1ccc(Cl)c(Cl)c1)C(=O)CN(c1ccc(I)cc1)S(C)(=O)=O. The molecule has 2 aromatic rings. The Labute approximate surface area is 225 Å². The first-order chi connectivity index (χ1) is 15.8. The number of carbonyl (C=O) groups is 2. The summed E-state index contributed by atoms with van der Waals surface area (Å²) in [6.45, 7) is 5.07. The fraction of sp³-hybridized carbons (Fsp3) is 0.391. The quantitative estimate of drug-likeness (QED) is 0.382. The van der Waals surface area contributed by atoms with Gasteiger partial charge in [0.2, 0.25) is 21.8 Å². The zero-order valence-electron chi connectivity index (χ0n) is 19.4. The van der Waals surface area contributed by atoms with Gasteiger partial charge in [0.1, 0.15) is 12.6 Å². The number of rotatable bonds is 10. The second-order valence-electron chi connectivity index (χ2n) is 8.10. The Balaban J connectivity index is 2.45. The van der Waals surface area contributed by atoms with Gasteiger partial charge in [0, 0.05) is 16.2 Å². The van der Waals surface area contributed by atoms with E-state index >= 15 is 0 Å². The van der Waals surface area contributed by atoms with Crippen LogP contribution in [-0.2, 0) is 26.2 Å². The van der Waals surface area contributed by atoms with Crippen molar-refractivity contribution in [1.82, 2.24) is 10.2 Å². The number of hydrogen-bond donors (Lipinski definition) is 1. The zero-order valence-corrected chi connectivity index (χ0v) is 23.9. The molecule has 1 N–H and O–H groups in total. The van der Waals surface area contributed by atoms with E-state index in [2.05, 4.69) is 27.9 Å². The normalized spacial score (nSPS) is 12.4. The molecule has 0 fully saturated rings. The third kappa shape index (κ3) is 8.00. The molecule has 0 unspecified atom stereocenters. The summed E-state index contributed by atoms with van der Waals surface area (Å²) in [7, 11) is -3.77. The Kier molecular flexibility index (Phi) is 10.5. The third-order valence-electron chi connectivity index (χ3n) is 4.95. The molecule has 0 aliphatic heterocycles. The molecule has 2 aromatic carbocycles. The number of nitrogens with one attached hydrogen (secondary N) is 1. The molecule has 0 bridgehead atoms. The number of amides is 2. The van der Waals surface area contributed by atoms with Crippen molar-refractivity contribution in [3.63, 3.8) is 0 Å². The molecule has 2 rings (SSSR count). The number of halogens is 3. The highest BCUT2D eigenvalue weighted by Gasteiger charge is 2.32. The van der Waals surface area contributed by atoms with E-state index < -0.39 is 28.5 Å². The second kappa shape index (κ2) is 12.4.